The van der Waals surface area contributed by atoms with Gasteiger partial charge in [0.25, 0.3) is 5.91 Å². The van der Waals surface area contributed by atoms with Gasteiger partial charge in [0.2, 0.25) is 5.91 Å². The number of fused-ring (bicyclic) bond motifs is 2. The molecule has 6 aromatic rings. The molecule has 1 atom stereocenters. The van der Waals surface area contributed by atoms with E-state index in [0.717, 1.165) is 33.2 Å². The first-order valence-electron chi connectivity index (χ1n) is 21.7. The summed E-state index contributed by atoms with van der Waals surface area (Å²) >= 11 is 0. The summed E-state index contributed by atoms with van der Waals surface area (Å²) in [5.41, 5.74) is 9.15. The highest BCUT2D eigenvalue weighted by Gasteiger charge is 2.37. The SMILES string of the molecule is CS(=O)(=O)c1ccc(-c2ccc3cc(OCc4ccccc4)ccc3c2Oc2ccc(OCCOCCOCCOCCOc3cccc4c3CN(C(CCC(=O)O)C(N)=O)C4=O)cc2)cc1. The van der Waals surface area contributed by atoms with Gasteiger partial charge >= 0.3 is 5.97 Å². The van der Waals surface area contributed by atoms with Gasteiger partial charge in [-0.25, -0.2) is 8.42 Å². The first kappa shape index (κ1) is 48.0. The van der Waals surface area contributed by atoms with E-state index < -0.39 is 33.7 Å². The van der Waals surface area contributed by atoms with Gasteiger partial charge in [-0.2, -0.15) is 0 Å². The minimum absolute atomic E-state index is 0.0757. The van der Waals surface area contributed by atoms with E-state index in [1.807, 2.05) is 84.9 Å². The summed E-state index contributed by atoms with van der Waals surface area (Å²) in [5.74, 6) is 0.793. The predicted molar refractivity (Wildman–Crippen MR) is 249 cm³/mol. The topological polar surface area (TPSA) is 199 Å². The molecule has 1 heterocycles. The molecule has 15 nitrogen and oxygen atoms in total. The van der Waals surface area contributed by atoms with Gasteiger partial charge in [-0.15, -0.1) is 0 Å². The van der Waals surface area contributed by atoms with Crippen LogP contribution >= 0.6 is 0 Å². The number of aliphatic carboxylic acids is 1. The highest BCUT2D eigenvalue weighted by molar-refractivity contribution is 7.90. The maximum atomic E-state index is 13.0. The molecule has 3 N–H and O–H groups in total. The number of benzene rings is 6. The monoisotopic (exact) mass is 932 g/mol. The second-order valence-corrected chi connectivity index (χ2v) is 17.6. The maximum absolute atomic E-state index is 13.0. The zero-order valence-electron chi connectivity index (χ0n) is 37.0. The van der Waals surface area contributed by atoms with Crippen molar-refractivity contribution >= 4 is 38.4 Å². The van der Waals surface area contributed by atoms with Crippen LogP contribution in [0.25, 0.3) is 21.9 Å². The lowest BCUT2D eigenvalue weighted by Crippen LogP contribution is -2.45. The van der Waals surface area contributed by atoms with Crippen molar-refractivity contribution in [3.8, 4) is 39.9 Å². The van der Waals surface area contributed by atoms with Crippen molar-refractivity contribution in [1.82, 2.24) is 4.90 Å². The van der Waals surface area contributed by atoms with Crippen LogP contribution in [0.15, 0.2) is 132 Å². The first-order valence-corrected chi connectivity index (χ1v) is 23.6. The molecule has 2 amide bonds. The number of nitrogens with zero attached hydrogens (tertiary/aromatic N) is 1. The van der Waals surface area contributed by atoms with Gasteiger partial charge in [-0.05, 0) is 95.7 Å². The number of carbonyl (C=O) groups is 3. The van der Waals surface area contributed by atoms with Gasteiger partial charge in [0, 0.05) is 34.8 Å². The summed E-state index contributed by atoms with van der Waals surface area (Å²) in [7, 11) is -3.36. The van der Waals surface area contributed by atoms with Crippen LogP contribution in [0.5, 0.6) is 28.7 Å². The number of carboxylic acid groups (broad SMARTS) is 1. The molecule has 350 valence electrons. The van der Waals surface area contributed by atoms with Crippen LogP contribution in [0, 0.1) is 0 Å². The molecule has 1 aliphatic rings. The summed E-state index contributed by atoms with van der Waals surface area (Å²) in [4.78, 5) is 37.6. The summed E-state index contributed by atoms with van der Waals surface area (Å²) < 4.78 is 65.7. The molecule has 0 saturated heterocycles. The number of rotatable bonds is 26. The zero-order valence-corrected chi connectivity index (χ0v) is 37.8. The van der Waals surface area contributed by atoms with E-state index in [9.17, 15) is 22.8 Å². The van der Waals surface area contributed by atoms with Crippen LogP contribution in [-0.2, 0) is 46.8 Å². The Bertz CT molecular complexity index is 2750. The molecule has 0 aromatic heterocycles. The van der Waals surface area contributed by atoms with Crippen LogP contribution in [0.4, 0.5) is 0 Å². The van der Waals surface area contributed by atoms with Crippen molar-refractivity contribution in [2.24, 2.45) is 5.73 Å². The minimum atomic E-state index is -3.36. The molecule has 1 aliphatic heterocycles. The lowest BCUT2D eigenvalue weighted by Gasteiger charge is -2.24. The van der Waals surface area contributed by atoms with Gasteiger partial charge in [-0.3, -0.25) is 14.4 Å². The fraction of sp³-hybridized carbons (Fsp3) is 0.275. The number of hydrogen-bond acceptors (Lipinski definition) is 12. The first-order chi connectivity index (χ1) is 32.4. The van der Waals surface area contributed by atoms with Crippen LogP contribution < -0.4 is 24.7 Å². The number of primary amides is 1. The van der Waals surface area contributed by atoms with Crippen LogP contribution in [0.2, 0.25) is 0 Å². The van der Waals surface area contributed by atoms with Gasteiger partial charge in [-0.1, -0.05) is 54.6 Å². The highest BCUT2D eigenvalue weighted by Crippen LogP contribution is 2.41. The number of carboxylic acids is 1. The molecule has 1 unspecified atom stereocenters. The van der Waals surface area contributed by atoms with E-state index in [2.05, 4.69) is 0 Å². The number of sulfone groups is 1. The normalized spacial score (nSPS) is 12.7. The second-order valence-electron chi connectivity index (χ2n) is 15.6. The maximum Gasteiger partial charge on any atom is 0.303 e. The largest absolute Gasteiger partial charge is 0.491 e. The average molecular weight is 933 g/mol. The molecule has 16 heteroatoms. The van der Waals surface area contributed by atoms with E-state index in [1.54, 1.807) is 42.5 Å². The van der Waals surface area contributed by atoms with E-state index in [1.165, 1.54) is 11.2 Å². The third kappa shape index (κ3) is 13.1. The standard InChI is InChI=1S/C51H52N2O13S/c1-67(58,59)41-18-10-36(11-19-41)42-20-12-37-32-40(65-34-35-6-3-2-4-7-35)17-21-43(37)49(42)66-39-15-13-38(14-16-39)63-30-28-61-26-24-60-25-27-62-29-31-64-47-9-5-8-44-45(47)33-53(51(44)57)46(50(52)56)22-23-48(54)55/h2-21,32,46H,22-31,33-34H2,1H3,(H2,52,56)(H,54,55). The Morgan fingerprint density at radius 3 is 1.99 bits per heavy atom. The third-order valence-corrected chi connectivity index (χ3v) is 12.0. The average Bonchev–Trinajstić information content (AvgIpc) is 3.66. The number of ether oxygens (including phenoxy) is 7. The summed E-state index contributed by atoms with van der Waals surface area (Å²) in [5, 5.41) is 10.8. The van der Waals surface area contributed by atoms with E-state index in [0.29, 0.717) is 80.4 Å². The number of carbonyl (C=O) groups excluding carboxylic acids is 2. The Hall–Kier alpha value is -6.98. The van der Waals surface area contributed by atoms with Gasteiger partial charge in [0.1, 0.15) is 54.6 Å². The summed E-state index contributed by atoms with van der Waals surface area (Å²) in [6.07, 6.45) is 0.816. The summed E-state index contributed by atoms with van der Waals surface area (Å²) in [6, 6.07) is 37.8. The number of amides is 2. The van der Waals surface area contributed by atoms with E-state index in [-0.39, 0.29) is 37.5 Å². The number of nitrogens with two attached hydrogens (primary N) is 1. The van der Waals surface area contributed by atoms with Crippen LogP contribution in [0.1, 0.15) is 34.3 Å². The summed E-state index contributed by atoms with van der Waals surface area (Å²) in [6.45, 7) is 3.10. The Morgan fingerprint density at radius 1 is 0.687 bits per heavy atom. The zero-order chi connectivity index (χ0) is 47.2. The van der Waals surface area contributed by atoms with E-state index >= 15 is 0 Å². The van der Waals surface area contributed by atoms with Crippen molar-refractivity contribution in [2.75, 3.05) is 59.1 Å². The Kier molecular flexibility index (Phi) is 16.4. The van der Waals surface area contributed by atoms with Gasteiger partial charge < -0.3 is 48.9 Å². The minimum Gasteiger partial charge on any atom is -0.491 e. The predicted octanol–water partition coefficient (Wildman–Crippen LogP) is 7.46. The molecule has 0 fully saturated rings. The molecule has 7 rings (SSSR count). The lowest BCUT2D eigenvalue weighted by molar-refractivity contribution is -0.137. The molecular formula is C51H52N2O13S. The fourth-order valence-corrected chi connectivity index (χ4v) is 8.08. The quantitative estimate of drug-likeness (QED) is 0.0509. The molecule has 0 spiro atoms. The Labute approximate surface area is 388 Å². The van der Waals surface area contributed by atoms with Crippen molar-refractivity contribution < 1.29 is 61.1 Å². The van der Waals surface area contributed by atoms with Crippen molar-refractivity contribution in [3.63, 3.8) is 0 Å². The van der Waals surface area contributed by atoms with Crippen LogP contribution in [0.3, 0.4) is 0 Å². The molecule has 0 aliphatic carbocycles. The van der Waals surface area contributed by atoms with Crippen molar-refractivity contribution in [3.05, 3.63) is 144 Å². The van der Waals surface area contributed by atoms with E-state index in [4.69, 9.17) is 44.0 Å². The van der Waals surface area contributed by atoms with Crippen LogP contribution in [-0.4, -0.2) is 101 Å². The number of hydrogen-bond donors (Lipinski definition) is 2. The molecule has 0 radical (unpaired) electrons. The molecule has 0 bridgehead atoms. The molecule has 6 aromatic carbocycles. The molecule has 0 saturated carbocycles. The Balaban J connectivity index is 0.819. The van der Waals surface area contributed by atoms with Crippen molar-refractivity contribution in [2.45, 2.75) is 36.9 Å². The smallest absolute Gasteiger partial charge is 0.303 e. The van der Waals surface area contributed by atoms with Gasteiger partial charge in [0.05, 0.1) is 51.1 Å². The third-order valence-electron chi connectivity index (χ3n) is 10.8. The van der Waals surface area contributed by atoms with Gasteiger partial charge in [0.15, 0.2) is 9.84 Å². The lowest BCUT2D eigenvalue weighted by atomic mass is 9.99. The molecular weight excluding hydrogens is 881 g/mol. The highest BCUT2D eigenvalue weighted by atomic mass is 32.2. The fourth-order valence-electron chi connectivity index (χ4n) is 7.45. The second kappa shape index (κ2) is 23.0. The molecule has 67 heavy (non-hydrogen) atoms. The van der Waals surface area contributed by atoms with Crippen molar-refractivity contribution in [1.29, 1.82) is 0 Å². The Morgan fingerprint density at radius 2 is 1.33 bits per heavy atom.